The van der Waals surface area contributed by atoms with Crippen molar-refractivity contribution in [2.45, 2.75) is 26.2 Å². The van der Waals surface area contributed by atoms with Gasteiger partial charge in [0.1, 0.15) is 11.4 Å². The highest BCUT2D eigenvalue weighted by molar-refractivity contribution is 5.75. The molecule has 104 valence electrons. The van der Waals surface area contributed by atoms with Crippen LogP contribution in [0.5, 0.6) is 0 Å². The predicted molar refractivity (Wildman–Crippen MR) is 77.6 cm³/mol. The molecule has 0 amide bonds. The van der Waals surface area contributed by atoms with Crippen LogP contribution in [0.2, 0.25) is 0 Å². The first kappa shape index (κ1) is 13.6. The zero-order valence-corrected chi connectivity index (χ0v) is 11.5. The van der Waals surface area contributed by atoms with Crippen LogP contribution in [0.4, 0.5) is 17.1 Å². The second kappa shape index (κ2) is 5.91. The Morgan fingerprint density at radius 3 is 2.68 bits per heavy atom. The Bertz CT molecular complexity index is 462. The third kappa shape index (κ3) is 2.97. The molecular weight excluding hydrogens is 242 g/mol. The Balaban J connectivity index is 2.13. The lowest BCUT2D eigenvalue weighted by Gasteiger charge is -2.17. The Labute approximate surface area is 113 Å². The quantitative estimate of drug-likeness (QED) is 0.630. The zero-order chi connectivity index (χ0) is 13.8. The van der Waals surface area contributed by atoms with Gasteiger partial charge in [-0.3, -0.25) is 10.1 Å². The lowest BCUT2D eigenvalue weighted by molar-refractivity contribution is -0.383. The highest BCUT2D eigenvalue weighted by Gasteiger charge is 2.24. The fourth-order valence-corrected chi connectivity index (χ4v) is 2.85. The minimum absolute atomic E-state index is 0.135. The van der Waals surface area contributed by atoms with Crippen LogP contribution < -0.4 is 10.6 Å². The van der Waals surface area contributed by atoms with E-state index in [1.165, 1.54) is 19.3 Å². The standard InChI is InChI=1S/C14H21N3O2/c1-10-5-3-6-11(10)9-16-13-8-4-7-12(15-2)14(13)17(18)19/h4,7-8,10-11,15-16H,3,5-6,9H2,1-2H3. The van der Waals surface area contributed by atoms with Crippen molar-refractivity contribution in [1.29, 1.82) is 0 Å². The molecule has 0 spiro atoms. The molecule has 1 aromatic rings. The number of hydrogen-bond donors (Lipinski definition) is 2. The summed E-state index contributed by atoms with van der Waals surface area (Å²) in [5.41, 5.74) is 1.29. The maximum absolute atomic E-state index is 11.2. The van der Waals surface area contributed by atoms with E-state index in [1.807, 2.05) is 6.07 Å². The SMILES string of the molecule is CNc1cccc(NCC2CCCC2C)c1[N+](=O)[O-]. The Hall–Kier alpha value is -1.78. The molecule has 5 nitrogen and oxygen atoms in total. The summed E-state index contributed by atoms with van der Waals surface area (Å²) in [6.07, 6.45) is 3.75. The zero-order valence-electron chi connectivity index (χ0n) is 11.5. The van der Waals surface area contributed by atoms with Crippen LogP contribution in [0.1, 0.15) is 26.2 Å². The fourth-order valence-electron chi connectivity index (χ4n) is 2.85. The van der Waals surface area contributed by atoms with E-state index in [-0.39, 0.29) is 10.6 Å². The van der Waals surface area contributed by atoms with E-state index in [0.29, 0.717) is 23.2 Å². The van der Waals surface area contributed by atoms with Crippen LogP contribution in [0.3, 0.4) is 0 Å². The molecule has 1 saturated carbocycles. The van der Waals surface area contributed by atoms with Gasteiger partial charge in [-0.05, 0) is 30.4 Å². The Kier molecular flexibility index (Phi) is 4.24. The van der Waals surface area contributed by atoms with Crippen molar-refractivity contribution in [3.63, 3.8) is 0 Å². The summed E-state index contributed by atoms with van der Waals surface area (Å²) in [5, 5.41) is 17.3. The third-order valence-corrected chi connectivity index (χ3v) is 4.08. The van der Waals surface area contributed by atoms with Crippen LogP contribution in [-0.4, -0.2) is 18.5 Å². The predicted octanol–water partition coefficient (Wildman–Crippen LogP) is 3.48. The van der Waals surface area contributed by atoms with E-state index in [4.69, 9.17) is 0 Å². The van der Waals surface area contributed by atoms with Gasteiger partial charge >= 0.3 is 5.69 Å². The molecule has 0 radical (unpaired) electrons. The van der Waals surface area contributed by atoms with Crippen LogP contribution in [-0.2, 0) is 0 Å². The van der Waals surface area contributed by atoms with Gasteiger partial charge in [0.15, 0.2) is 0 Å². The summed E-state index contributed by atoms with van der Waals surface area (Å²) in [7, 11) is 1.70. The highest BCUT2D eigenvalue weighted by atomic mass is 16.6. The van der Waals surface area contributed by atoms with E-state index in [9.17, 15) is 10.1 Å². The molecule has 2 rings (SSSR count). The summed E-state index contributed by atoms with van der Waals surface area (Å²) in [6, 6.07) is 5.33. The van der Waals surface area contributed by atoms with Gasteiger partial charge in [-0.2, -0.15) is 0 Å². The first-order valence-electron chi connectivity index (χ1n) is 6.82. The summed E-state index contributed by atoms with van der Waals surface area (Å²) < 4.78 is 0. The molecule has 0 saturated heterocycles. The van der Waals surface area contributed by atoms with E-state index in [1.54, 1.807) is 19.2 Å². The van der Waals surface area contributed by atoms with E-state index < -0.39 is 0 Å². The van der Waals surface area contributed by atoms with E-state index in [0.717, 1.165) is 6.54 Å². The average molecular weight is 263 g/mol. The normalized spacial score (nSPS) is 22.2. The smallest absolute Gasteiger partial charge is 0.315 e. The van der Waals surface area contributed by atoms with Crippen LogP contribution in [0.25, 0.3) is 0 Å². The fraction of sp³-hybridized carbons (Fsp3) is 0.571. The molecule has 0 heterocycles. The first-order valence-corrected chi connectivity index (χ1v) is 6.82. The number of rotatable bonds is 5. The Morgan fingerprint density at radius 2 is 2.11 bits per heavy atom. The van der Waals surface area contributed by atoms with Crippen molar-refractivity contribution in [2.75, 3.05) is 24.2 Å². The minimum atomic E-state index is -0.327. The molecule has 2 atom stereocenters. The van der Waals surface area contributed by atoms with E-state index in [2.05, 4.69) is 17.6 Å². The van der Waals surface area contributed by atoms with Crippen molar-refractivity contribution in [3.05, 3.63) is 28.3 Å². The number of nitro groups is 1. The molecule has 0 aromatic heterocycles. The molecular formula is C14H21N3O2. The Morgan fingerprint density at radius 1 is 1.37 bits per heavy atom. The van der Waals surface area contributed by atoms with Gasteiger partial charge in [-0.15, -0.1) is 0 Å². The second-order valence-electron chi connectivity index (χ2n) is 5.26. The number of anilines is 2. The largest absolute Gasteiger partial charge is 0.382 e. The molecule has 19 heavy (non-hydrogen) atoms. The number of hydrogen-bond acceptors (Lipinski definition) is 4. The summed E-state index contributed by atoms with van der Waals surface area (Å²) in [4.78, 5) is 10.9. The molecule has 1 aliphatic carbocycles. The molecule has 1 aliphatic rings. The third-order valence-electron chi connectivity index (χ3n) is 4.08. The number of benzene rings is 1. The maximum Gasteiger partial charge on any atom is 0.315 e. The monoisotopic (exact) mass is 263 g/mol. The molecule has 1 aromatic carbocycles. The molecule has 5 heteroatoms. The topological polar surface area (TPSA) is 67.2 Å². The van der Waals surface area contributed by atoms with Crippen molar-refractivity contribution in [1.82, 2.24) is 0 Å². The number of nitro benzene ring substituents is 1. The lowest BCUT2D eigenvalue weighted by atomic mass is 9.98. The van der Waals surface area contributed by atoms with Crippen molar-refractivity contribution >= 4 is 17.1 Å². The number of nitrogens with one attached hydrogen (secondary N) is 2. The van der Waals surface area contributed by atoms with Gasteiger partial charge in [0.05, 0.1) is 4.92 Å². The second-order valence-corrected chi connectivity index (χ2v) is 5.26. The molecule has 1 fully saturated rings. The lowest BCUT2D eigenvalue weighted by Crippen LogP contribution is -2.17. The average Bonchev–Trinajstić information content (AvgIpc) is 2.81. The summed E-state index contributed by atoms with van der Waals surface area (Å²) in [5.74, 6) is 1.33. The van der Waals surface area contributed by atoms with Gasteiger partial charge in [-0.25, -0.2) is 0 Å². The van der Waals surface area contributed by atoms with Crippen LogP contribution in [0, 0.1) is 22.0 Å². The molecule has 0 aliphatic heterocycles. The van der Waals surface area contributed by atoms with Crippen LogP contribution >= 0.6 is 0 Å². The van der Waals surface area contributed by atoms with Crippen molar-refractivity contribution in [2.24, 2.45) is 11.8 Å². The number of nitrogens with zero attached hydrogens (tertiary/aromatic N) is 1. The maximum atomic E-state index is 11.2. The van der Waals surface area contributed by atoms with Gasteiger partial charge < -0.3 is 10.6 Å². The summed E-state index contributed by atoms with van der Waals surface area (Å²) >= 11 is 0. The highest BCUT2D eigenvalue weighted by Crippen LogP contribution is 2.35. The van der Waals surface area contributed by atoms with Gasteiger partial charge in [0.25, 0.3) is 0 Å². The van der Waals surface area contributed by atoms with Gasteiger partial charge in [0.2, 0.25) is 0 Å². The van der Waals surface area contributed by atoms with Gasteiger partial charge in [-0.1, -0.05) is 25.8 Å². The van der Waals surface area contributed by atoms with Gasteiger partial charge in [0, 0.05) is 13.6 Å². The minimum Gasteiger partial charge on any atom is -0.382 e. The van der Waals surface area contributed by atoms with Crippen molar-refractivity contribution < 1.29 is 4.92 Å². The summed E-state index contributed by atoms with van der Waals surface area (Å²) in [6.45, 7) is 3.08. The molecule has 2 unspecified atom stereocenters. The van der Waals surface area contributed by atoms with Crippen LogP contribution in [0.15, 0.2) is 18.2 Å². The first-order chi connectivity index (χ1) is 9.13. The molecule has 2 N–H and O–H groups in total. The molecule has 0 bridgehead atoms. The van der Waals surface area contributed by atoms with Crippen molar-refractivity contribution in [3.8, 4) is 0 Å². The van der Waals surface area contributed by atoms with E-state index >= 15 is 0 Å². The number of para-hydroxylation sites is 1.